The molecule has 2 aromatic heterocycles. The predicted octanol–water partition coefficient (Wildman–Crippen LogP) is 3.43. The van der Waals surface area contributed by atoms with Crippen molar-refractivity contribution < 1.29 is 18.3 Å². The lowest BCUT2D eigenvalue weighted by Gasteiger charge is -2.25. The van der Waals surface area contributed by atoms with Crippen LogP contribution in [0.4, 0.5) is 19.1 Å². The third kappa shape index (κ3) is 3.97. The lowest BCUT2D eigenvalue weighted by Crippen LogP contribution is -2.22. The van der Waals surface area contributed by atoms with Crippen LogP contribution in [0.15, 0.2) is 10.8 Å². The summed E-state index contributed by atoms with van der Waals surface area (Å²) in [6, 6.07) is 0.111. The molecule has 1 saturated carbocycles. The molecule has 10 heteroatoms. The van der Waals surface area contributed by atoms with Gasteiger partial charge in [0.25, 0.3) is 0 Å². The maximum atomic E-state index is 12.2. The molecule has 0 amide bonds. The SMILES string of the molecule is O[C@H]1CC[C@H](n2nc(Br)c3cnc(NCCC(F)(F)F)nc32)CC1. The van der Waals surface area contributed by atoms with Crippen molar-refractivity contribution in [3.8, 4) is 0 Å². The Kier molecular flexibility index (Phi) is 4.95. The monoisotopic (exact) mass is 407 g/mol. The molecule has 0 aromatic carbocycles. The molecular formula is C14H17BrF3N5O. The van der Waals surface area contributed by atoms with Crippen LogP contribution < -0.4 is 5.32 Å². The summed E-state index contributed by atoms with van der Waals surface area (Å²) in [5, 5.41) is 17.4. The second-order valence-corrected chi connectivity index (χ2v) is 6.67. The number of anilines is 1. The topological polar surface area (TPSA) is 75.9 Å². The van der Waals surface area contributed by atoms with Gasteiger partial charge in [0, 0.05) is 12.7 Å². The summed E-state index contributed by atoms with van der Waals surface area (Å²) in [4.78, 5) is 8.37. The number of rotatable bonds is 4. The summed E-state index contributed by atoms with van der Waals surface area (Å²) < 4.78 is 39.1. The van der Waals surface area contributed by atoms with E-state index in [1.807, 2.05) is 0 Å². The van der Waals surface area contributed by atoms with Crippen molar-refractivity contribution in [1.29, 1.82) is 0 Å². The molecule has 24 heavy (non-hydrogen) atoms. The zero-order valence-electron chi connectivity index (χ0n) is 12.7. The van der Waals surface area contributed by atoms with Gasteiger partial charge in [0.15, 0.2) is 5.65 Å². The highest BCUT2D eigenvalue weighted by molar-refractivity contribution is 9.10. The van der Waals surface area contributed by atoms with Crippen LogP contribution in [0, 0.1) is 0 Å². The first-order chi connectivity index (χ1) is 11.3. The van der Waals surface area contributed by atoms with Crippen LogP contribution in [0.25, 0.3) is 11.0 Å². The highest BCUT2D eigenvalue weighted by Gasteiger charge is 2.27. The molecule has 2 heterocycles. The van der Waals surface area contributed by atoms with Crippen LogP contribution in [0.3, 0.4) is 0 Å². The fourth-order valence-corrected chi connectivity index (χ4v) is 3.30. The highest BCUT2D eigenvalue weighted by atomic mass is 79.9. The minimum Gasteiger partial charge on any atom is -0.393 e. The first-order valence-corrected chi connectivity index (χ1v) is 8.52. The number of aliphatic hydroxyl groups is 1. The predicted molar refractivity (Wildman–Crippen MR) is 85.7 cm³/mol. The van der Waals surface area contributed by atoms with E-state index in [1.54, 1.807) is 10.9 Å². The fourth-order valence-electron chi connectivity index (χ4n) is 2.85. The summed E-state index contributed by atoms with van der Waals surface area (Å²) in [5.74, 6) is 0.149. The molecule has 2 N–H and O–H groups in total. The van der Waals surface area contributed by atoms with E-state index in [2.05, 4.69) is 36.3 Å². The molecule has 1 fully saturated rings. The van der Waals surface area contributed by atoms with E-state index in [0.717, 1.165) is 12.8 Å². The van der Waals surface area contributed by atoms with Crippen molar-refractivity contribution in [1.82, 2.24) is 19.7 Å². The largest absolute Gasteiger partial charge is 0.393 e. The van der Waals surface area contributed by atoms with Crippen LogP contribution in [0.5, 0.6) is 0 Å². The molecule has 0 radical (unpaired) electrons. The summed E-state index contributed by atoms with van der Waals surface area (Å²) in [6.45, 7) is -0.278. The van der Waals surface area contributed by atoms with Crippen LogP contribution in [0.1, 0.15) is 38.1 Å². The molecule has 0 bridgehead atoms. The number of aliphatic hydroxyl groups excluding tert-OH is 1. The number of hydrogen-bond acceptors (Lipinski definition) is 5. The van der Waals surface area contributed by atoms with Gasteiger partial charge in [0.2, 0.25) is 5.95 Å². The van der Waals surface area contributed by atoms with Crippen LogP contribution in [-0.2, 0) is 0 Å². The number of halogens is 4. The third-order valence-corrected chi connectivity index (χ3v) is 4.69. The molecule has 1 aliphatic carbocycles. The van der Waals surface area contributed by atoms with Crippen molar-refractivity contribution in [2.75, 3.05) is 11.9 Å². The Balaban J connectivity index is 1.81. The average molecular weight is 408 g/mol. The zero-order valence-corrected chi connectivity index (χ0v) is 14.3. The van der Waals surface area contributed by atoms with Gasteiger partial charge in [-0.3, -0.25) is 0 Å². The van der Waals surface area contributed by atoms with Gasteiger partial charge in [0.1, 0.15) is 4.60 Å². The molecule has 0 unspecified atom stereocenters. The van der Waals surface area contributed by atoms with Gasteiger partial charge in [-0.1, -0.05) is 0 Å². The van der Waals surface area contributed by atoms with Crippen LogP contribution in [0.2, 0.25) is 0 Å². The molecule has 3 rings (SSSR count). The van der Waals surface area contributed by atoms with Gasteiger partial charge >= 0.3 is 6.18 Å². The molecule has 0 aliphatic heterocycles. The standard InChI is InChI=1S/C14H17BrF3N5O/c15-11-10-7-20-13(19-6-5-14(16,17)18)21-12(10)23(22-11)8-1-3-9(24)4-2-8/h7-9,24H,1-6H2,(H,19,20,21)/t8-,9-. The number of alkyl halides is 3. The van der Waals surface area contributed by atoms with Gasteiger partial charge in [-0.2, -0.15) is 23.3 Å². The van der Waals surface area contributed by atoms with E-state index < -0.39 is 12.6 Å². The lowest BCUT2D eigenvalue weighted by atomic mass is 9.93. The second kappa shape index (κ2) is 6.83. The van der Waals surface area contributed by atoms with Crippen molar-refractivity contribution in [3.63, 3.8) is 0 Å². The van der Waals surface area contributed by atoms with E-state index in [1.165, 1.54) is 0 Å². The maximum absolute atomic E-state index is 12.2. The molecule has 1 aliphatic rings. The second-order valence-electron chi connectivity index (χ2n) is 5.92. The van der Waals surface area contributed by atoms with Gasteiger partial charge in [0.05, 0.1) is 24.0 Å². The molecule has 132 valence electrons. The van der Waals surface area contributed by atoms with Crippen molar-refractivity contribution in [2.24, 2.45) is 0 Å². The van der Waals surface area contributed by atoms with E-state index >= 15 is 0 Å². The Bertz CT molecular complexity index is 712. The Morgan fingerprint density at radius 2 is 2.00 bits per heavy atom. The van der Waals surface area contributed by atoms with Gasteiger partial charge < -0.3 is 10.4 Å². The third-order valence-electron chi connectivity index (χ3n) is 4.11. The van der Waals surface area contributed by atoms with Gasteiger partial charge in [-0.25, -0.2) is 9.67 Å². The average Bonchev–Trinajstić information content (AvgIpc) is 2.83. The zero-order chi connectivity index (χ0) is 17.3. The first kappa shape index (κ1) is 17.4. The quantitative estimate of drug-likeness (QED) is 0.811. The lowest BCUT2D eigenvalue weighted by molar-refractivity contribution is -0.131. The van der Waals surface area contributed by atoms with Gasteiger partial charge in [-0.15, -0.1) is 0 Å². The van der Waals surface area contributed by atoms with E-state index in [4.69, 9.17) is 0 Å². The summed E-state index contributed by atoms with van der Waals surface area (Å²) in [7, 11) is 0. The van der Waals surface area contributed by atoms with Crippen molar-refractivity contribution in [2.45, 2.75) is 50.4 Å². The molecule has 0 spiro atoms. The summed E-state index contributed by atoms with van der Waals surface area (Å²) in [5.41, 5.74) is 0.577. The molecule has 2 aromatic rings. The smallest absolute Gasteiger partial charge is 0.390 e. The summed E-state index contributed by atoms with van der Waals surface area (Å²) >= 11 is 3.37. The van der Waals surface area contributed by atoms with Crippen LogP contribution >= 0.6 is 15.9 Å². The Labute approximate surface area is 144 Å². The minimum atomic E-state index is -4.22. The number of hydrogen-bond donors (Lipinski definition) is 2. The number of nitrogens with zero attached hydrogens (tertiary/aromatic N) is 4. The maximum Gasteiger partial charge on any atom is 0.390 e. The van der Waals surface area contributed by atoms with Crippen molar-refractivity contribution >= 4 is 32.9 Å². The van der Waals surface area contributed by atoms with E-state index in [9.17, 15) is 18.3 Å². The molecular weight excluding hydrogens is 391 g/mol. The Morgan fingerprint density at radius 1 is 1.29 bits per heavy atom. The summed E-state index contributed by atoms with van der Waals surface area (Å²) in [6.07, 6.45) is -0.930. The number of fused-ring (bicyclic) bond motifs is 1. The van der Waals surface area contributed by atoms with E-state index in [0.29, 0.717) is 28.5 Å². The van der Waals surface area contributed by atoms with Gasteiger partial charge in [-0.05, 0) is 41.6 Å². The fraction of sp³-hybridized carbons (Fsp3) is 0.643. The Morgan fingerprint density at radius 3 is 2.67 bits per heavy atom. The number of nitrogens with one attached hydrogen (secondary N) is 1. The molecule has 6 nitrogen and oxygen atoms in total. The van der Waals surface area contributed by atoms with Crippen LogP contribution in [-0.4, -0.2) is 43.7 Å². The number of aromatic nitrogens is 4. The Hall–Kier alpha value is -1.42. The van der Waals surface area contributed by atoms with E-state index in [-0.39, 0.29) is 24.6 Å². The molecule has 0 atom stereocenters. The minimum absolute atomic E-state index is 0.111. The normalized spacial score (nSPS) is 22.0. The molecule has 0 saturated heterocycles. The van der Waals surface area contributed by atoms with Crippen molar-refractivity contribution in [3.05, 3.63) is 10.8 Å². The highest BCUT2D eigenvalue weighted by Crippen LogP contribution is 2.32. The first-order valence-electron chi connectivity index (χ1n) is 7.73.